The fourth-order valence-corrected chi connectivity index (χ4v) is 2.32. The zero-order chi connectivity index (χ0) is 13.0. The second-order valence-electron chi connectivity index (χ2n) is 3.81. The van der Waals surface area contributed by atoms with E-state index in [2.05, 4.69) is 24.9 Å². The number of carbonyl (C=O) groups excluding carboxylic acids is 1. The number of amides is 1. The summed E-state index contributed by atoms with van der Waals surface area (Å²) in [4.78, 5) is 19.9. The van der Waals surface area contributed by atoms with Crippen LogP contribution in [0, 0.1) is 0 Å². The second kappa shape index (κ2) is 5.72. The van der Waals surface area contributed by atoms with Gasteiger partial charge in [-0.05, 0) is 24.4 Å². The van der Waals surface area contributed by atoms with Crippen molar-refractivity contribution in [2.75, 3.05) is 0 Å². The molecule has 96 valence electrons. The van der Waals surface area contributed by atoms with Crippen LogP contribution in [0.5, 0.6) is 0 Å². The lowest BCUT2D eigenvalue weighted by molar-refractivity contribution is 0.0937. The first-order chi connectivity index (χ1) is 8.76. The summed E-state index contributed by atoms with van der Waals surface area (Å²) in [7, 11) is 0. The molecule has 1 unspecified atom stereocenters. The molecular weight excluding hydrogens is 250 g/mol. The van der Waals surface area contributed by atoms with Gasteiger partial charge in [-0.15, -0.1) is 5.10 Å². The van der Waals surface area contributed by atoms with E-state index in [1.165, 1.54) is 0 Å². The molecular formula is C11H15N5OS. The number of imidazole rings is 1. The Bertz CT molecular complexity index is 507. The first-order valence-electron chi connectivity index (χ1n) is 5.87. The molecule has 1 atom stereocenters. The summed E-state index contributed by atoms with van der Waals surface area (Å²) in [6.45, 7) is 3.95. The Morgan fingerprint density at radius 2 is 2.39 bits per heavy atom. The van der Waals surface area contributed by atoms with Crippen molar-refractivity contribution in [3.05, 3.63) is 28.8 Å². The van der Waals surface area contributed by atoms with E-state index in [1.54, 1.807) is 12.4 Å². The lowest BCUT2D eigenvalue weighted by Crippen LogP contribution is -2.29. The number of aromatic nitrogens is 4. The van der Waals surface area contributed by atoms with Gasteiger partial charge in [-0.25, -0.2) is 4.98 Å². The van der Waals surface area contributed by atoms with Gasteiger partial charge in [-0.3, -0.25) is 4.79 Å². The van der Waals surface area contributed by atoms with E-state index in [0.717, 1.165) is 29.5 Å². The Kier molecular flexibility index (Phi) is 4.03. The molecule has 2 heterocycles. The van der Waals surface area contributed by atoms with Crippen LogP contribution in [0.15, 0.2) is 12.4 Å². The van der Waals surface area contributed by atoms with Gasteiger partial charge in [-0.1, -0.05) is 18.3 Å². The normalized spacial score (nSPS) is 12.3. The van der Waals surface area contributed by atoms with Crippen LogP contribution in [-0.4, -0.2) is 25.5 Å². The van der Waals surface area contributed by atoms with Gasteiger partial charge in [-0.2, -0.15) is 0 Å². The summed E-state index contributed by atoms with van der Waals surface area (Å²) in [6.07, 6.45) is 4.90. The molecule has 0 saturated carbocycles. The number of aryl methyl sites for hydroxylation is 1. The number of nitrogens with zero attached hydrogens (tertiary/aromatic N) is 3. The maximum absolute atomic E-state index is 12.1. The molecule has 0 aromatic carbocycles. The molecule has 1 amide bonds. The highest BCUT2D eigenvalue weighted by Gasteiger charge is 2.20. The smallest absolute Gasteiger partial charge is 0.265 e. The van der Waals surface area contributed by atoms with Crippen molar-refractivity contribution in [1.82, 2.24) is 24.9 Å². The first kappa shape index (κ1) is 12.7. The molecule has 0 bridgehead atoms. The van der Waals surface area contributed by atoms with Gasteiger partial charge >= 0.3 is 0 Å². The molecule has 7 heteroatoms. The Morgan fingerprint density at radius 1 is 1.56 bits per heavy atom. The number of hydrogen-bond donors (Lipinski definition) is 2. The summed E-state index contributed by atoms with van der Waals surface area (Å²) in [5.41, 5.74) is 0.742. The highest BCUT2D eigenvalue weighted by Crippen LogP contribution is 2.16. The third kappa shape index (κ3) is 2.56. The summed E-state index contributed by atoms with van der Waals surface area (Å²) in [5.74, 6) is 0.631. The minimum absolute atomic E-state index is 0.112. The van der Waals surface area contributed by atoms with E-state index in [4.69, 9.17) is 0 Å². The first-order valence-corrected chi connectivity index (χ1v) is 6.65. The van der Waals surface area contributed by atoms with Crippen LogP contribution in [0.1, 0.15) is 47.5 Å². The van der Waals surface area contributed by atoms with Gasteiger partial charge < -0.3 is 10.3 Å². The Labute approximate surface area is 109 Å². The SMILES string of the molecule is CCc1nnsc1C(=O)NC(CC)c1ncc[nH]1. The van der Waals surface area contributed by atoms with Crippen LogP contribution in [0.2, 0.25) is 0 Å². The fourth-order valence-electron chi connectivity index (χ4n) is 1.67. The van der Waals surface area contributed by atoms with Gasteiger partial charge in [0.2, 0.25) is 0 Å². The highest BCUT2D eigenvalue weighted by molar-refractivity contribution is 7.08. The minimum Gasteiger partial charge on any atom is -0.347 e. The van der Waals surface area contributed by atoms with Crippen LogP contribution in [0.4, 0.5) is 0 Å². The Morgan fingerprint density at radius 3 is 3.00 bits per heavy atom. The molecule has 0 spiro atoms. The molecule has 0 aliphatic heterocycles. The Balaban J connectivity index is 2.11. The minimum atomic E-state index is -0.134. The van der Waals surface area contributed by atoms with Crippen LogP contribution in [0.25, 0.3) is 0 Å². The van der Waals surface area contributed by atoms with Gasteiger partial charge in [0.15, 0.2) is 0 Å². The molecule has 2 aromatic rings. The average Bonchev–Trinajstić information content (AvgIpc) is 3.05. The topological polar surface area (TPSA) is 83.6 Å². The largest absolute Gasteiger partial charge is 0.347 e. The summed E-state index contributed by atoms with van der Waals surface area (Å²) in [5, 5.41) is 6.88. The van der Waals surface area contributed by atoms with E-state index in [9.17, 15) is 4.79 Å². The molecule has 2 aromatic heterocycles. The van der Waals surface area contributed by atoms with Crippen molar-refractivity contribution < 1.29 is 4.79 Å². The van der Waals surface area contributed by atoms with Gasteiger partial charge in [0, 0.05) is 12.4 Å². The predicted molar refractivity (Wildman–Crippen MR) is 68.4 cm³/mol. The number of carbonyl (C=O) groups is 1. The van der Waals surface area contributed by atoms with E-state index in [0.29, 0.717) is 11.3 Å². The number of rotatable bonds is 5. The molecule has 0 saturated heterocycles. The van der Waals surface area contributed by atoms with E-state index in [-0.39, 0.29) is 11.9 Å². The molecule has 2 rings (SSSR count). The molecule has 18 heavy (non-hydrogen) atoms. The second-order valence-corrected chi connectivity index (χ2v) is 4.57. The van der Waals surface area contributed by atoms with Crippen molar-refractivity contribution in [2.45, 2.75) is 32.7 Å². The fraction of sp³-hybridized carbons (Fsp3) is 0.455. The van der Waals surface area contributed by atoms with Crippen LogP contribution in [0.3, 0.4) is 0 Å². The van der Waals surface area contributed by atoms with Crippen LogP contribution >= 0.6 is 11.5 Å². The van der Waals surface area contributed by atoms with Crippen LogP contribution in [-0.2, 0) is 6.42 Å². The maximum Gasteiger partial charge on any atom is 0.265 e. The molecule has 2 N–H and O–H groups in total. The lowest BCUT2D eigenvalue weighted by atomic mass is 10.2. The summed E-state index contributed by atoms with van der Waals surface area (Å²) >= 11 is 1.13. The number of H-pyrrole nitrogens is 1. The average molecular weight is 265 g/mol. The summed E-state index contributed by atoms with van der Waals surface area (Å²) in [6, 6.07) is -0.112. The molecule has 6 nitrogen and oxygen atoms in total. The standard InChI is InChI=1S/C11H15N5OS/c1-3-7-9(18-16-15-7)11(17)14-8(4-2)10-12-5-6-13-10/h5-6,8H,3-4H2,1-2H3,(H,12,13)(H,14,17). The quantitative estimate of drug-likeness (QED) is 0.862. The van der Waals surface area contributed by atoms with E-state index >= 15 is 0 Å². The van der Waals surface area contributed by atoms with Gasteiger partial charge in [0.1, 0.15) is 10.7 Å². The zero-order valence-electron chi connectivity index (χ0n) is 10.3. The van der Waals surface area contributed by atoms with Gasteiger partial charge in [0.05, 0.1) is 11.7 Å². The lowest BCUT2D eigenvalue weighted by Gasteiger charge is -2.13. The van der Waals surface area contributed by atoms with Gasteiger partial charge in [0.25, 0.3) is 5.91 Å². The van der Waals surface area contributed by atoms with Crippen molar-refractivity contribution in [3.8, 4) is 0 Å². The highest BCUT2D eigenvalue weighted by atomic mass is 32.1. The predicted octanol–water partition coefficient (Wildman–Crippen LogP) is 1.70. The van der Waals surface area contributed by atoms with Crippen molar-refractivity contribution >= 4 is 17.4 Å². The third-order valence-electron chi connectivity index (χ3n) is 2.66. The number of nitrogens with one attached hydrogen (secondary N) is 2. The molecule has 0 fully saturated rings. The number of aromatic amines is 1. The van der Waals surface area contributed by atoms with Crippen molar-refractivity contribution in [3.63, 3.8) is 0 Å². The third-order valence-corrected chi connectivity index (χ3v) is 3.43. The molecule has 0 radical (unpaired) electrons. The van der Waals surface area contributed by atoms with Crippen LogP contribution < -0.4 is 5.32 Å². The van der Waals surface area contributed by atoms with E-state index < -0.39 is 0 Å². The molecule has 0 aliphatic rings. The molecule has 0 aliphatic carbocycles. The zero-order valence-corrected chi connectivity index (χ0v) is 11.1. The van der Waals surface area contributed by atoms with Crippen molar-refractivity contribution in [1.29, 1.82) is 0 Å². The summed E-state index contributed by atoms with van der Waals surface area (Å²) < 4.78 is 3.82. The van der Waals surface area contributed by atoms with E-state index in [1.807, 2.05) is 13.8 Å². The maximum atomic E-state index is 12.1. The monoisotopic (exact) mass is 265 g/mol. The number of hydrogen-bond acceptors (Lipinski definition) is 5. The Hall–Kier alpha value is -1.76. The van der Waals surface area contributed by atoms with Crippen molar-refractivity contribution in [2.24, 2.45) is 0 Å².